The van der Waals surface area contributed by atoms with Crippen molar-refractivity contribution >= 4 is 17.7 Å². The molecule has 0 bridgehead atoms. The topological polar surface area (TPSA) is 38.3 Å². The summed E-state index contributed by atoms with van der Waals surface area (Å²) in [6.07, 6.45) is 0. The summed E-state index contributed by atoms with van der Waals surface area (Å²) in [6.45, 7) is 4.71. The number of hydrogen-bond donors (Lipinski definition) is 1. The number of benzene rings is 1. The standard InChI is InChI=1S/C13H18FNO2S/c1-3-15-11(13(16)17-4-2)9-18-12-8-6-5-7-10(12)14/h5-8,11,15H,3-4,9H2,1-2H3. The highest BCUT2D eigenvalue weighted by Gasteiger charge is 2.19. The van der Waals surface area contributed by atoms with E-state index in [9.17, 15) is 9.18 Å². The fourth-order valence-corrected chi connectivity index (χ4v) is 2.42. The Bertz CT molecular complexity index is 387. The Hall–Kier alpha value is -1.07. The smallest absolute Gasteiger partial charge is 0.323 e. The first-order valence-corrected chi connectivity index (χ1v) is 6.95. The van der Waals surface area contributed by atoms with Gasteiger partial charge in [0.05, 0.1) is 6.61 Å². The molecular weight excluding hydrogens is 253 g/mol. The fourth-order valence-electron chi connectivity index (χ4n) is 1.43. The lowest BCUT2D eigenvalue weighted by atomic mass is 10.3. The van der Waals surface area contributed by atoms with Gasteiger partial charge in [0, 0.05) is 10.6 Å². The van der Waals surface area contributed by atoms with Crippen LogP contribution in [0, 0.1) is 5.82 Å². The highest BCUT2D eigenvalue weighted by atomic mass is 32.2. The van der Waals surface area contributed by atoms with Crippen LogP contribution in [0.1, 0.15) is 13.8 Å². The first-order valence-electron chi connectivity index (χ1n) is 5.96. The molecule has 0 saturated heterocycles. The summed E-state index contributed by atoms with van der Waals surface area (Å²) in [4.78, 5) is 12.2. The first kappa shape index (κ1) is 15.0. The van der Waals surface area contributed by atoms with Crippen LogP contribution in [0.25, 0.3) is 0 Å². The Morgan fingerprint density at radius 1 is 1.44 bits per heavy atom. The van der Waals surface area contributed by atoms with Crippen molar-refractivity contribution < 1.29 is 13.9 Å². The van der Waals surface area contributed by atoms with Gasteiger partial charge >= 0.3 is 5.97 Å². The molecule has 100 valence electrons. The second-order valence-corrected chi connectivity index (χ2v) is 4.67. The van der Waals surface area contributed by atoms with Gasteiger partial charge in [-0.25, -0.2) is 4.39 Å². The maximum atomic E-state index is 13.4. The van der Waals surface area contributed by atoms with Crippen molar-refractivity contribution in [3.05, 3.63) is 30.1 Å². The highest BCUT2D eigenvalue weighted by molar-refractivity contribution is 7.99. The SMILES string of the molecule is CCNC(CSc1ccccc1F)C(=O)OCC. The number of hydrogen-bond acceptors (Lipinski definition) is 4. The summed E-state index contributed by atoms with van der Waals surface area (Å²) in [5.74, 6) is -0.0991. The number of esters is 1. The van der Waals surface area contributed by atoms with E-state index in [1.165, 1.54) is 17.8 Å². The van der Waals surface area contributed by atoms with Gasteiger partial charge in [-0.05, 0) is 25.6 Å². The van der Waals surface area contributed by atoms with Gasteiger partial charge in [0.25, 0.3) is 0 Å². The third-order valence-corrected chi connectivity index (χ3v) is 3.41. The van der Waals surface area contributed by atoms with E-state index in [-0.39, 0.29) is 11.8 Å². The summed E-state index contributed by atoms with van der Waals surface area (Å²) in [5.41, 5.74) is 0. The summed E-state index contributed by atoms with van der Waals surface area (Å²) in [7, 11) is 0. The molecule has 5 heteroatoms. The van der Waals surface area contributed by atoms with Crippen LogP contribution in [0.4, 0.5) is 4.39 Å². The zero-order valence-electron chi connectivity index (χ0n) is 10.6. The molecule has 1 aromatic rings. The lowest BCUT2D eigenvalue weighted by molar-refractivity contribution is -0.144. The number of carbonyl (C=O) groups is 1. The average molecular weight is 271 g/mol. The second kappa shape index (κ2) is 8.11. The number of nitrogens with one attached hydrogen (secondary N) is 1. The normalized spacial score (nSPS) is 12.2. The van der Waals surface area contributed by atoms with E-state index in [0.29, 0.717) is 23.8 Å². The van der Waals surface area contributed by atoms with Gasteiger partial charge in [0.15, 0.2) is 0 Å². The predicted molar refractivity (Wildman–Crippen MR) is 71.2 cm³/mol. The van der Waals surface area contributed by atoms with Crippen LogP contribution >= 0.6 is 11.8 Å². The zero-order chi connectivity index (χ0) is 13.4. The Balaban J connectivity index is 2.57. The Morgan fingerprint density at radius 3 is 2.78 bits per heavy atom. The average Bonchev–Trinajstić information content (AvgIpc) is 2.36. The third-order valence-electron chi connectivity index (χ3n) is 2.26. The summed E-state index contributed by atoms with van der Waals surface area (Å²) in [6, 6.07) is 6.13. The molecule has 0 spiro atoms. The molecule has 0 fully saturated rings. The van der Waals surface area contributed by atoms with E-state index in [1.54, 1.807) is 25.1 Å². The molecule has 0 amide bonds. The van der Waals surface area contributed by atoms with Crippen molar-refractivity contribution in [3.8, 4) is 0 Å². The maximum absolute atomic E-state index is 13.4. The lowest BCUT2D eigenvalue weighted by Gasteiger charge is -2.15. The molecule has 1 rings (SSSR count). The minimum Gasteiger partial charge on any atom is -0.465 e. The molecule has 0 aliphatic rings. The van der Waals surface area contributed by atoms with E-state index < -0.39 is 6.04 Å². The van der Waals surface area contributed by atoms with Crippen LogP contribution in [0.3, 0.4) is 0 Å². The summed E-state index contributed by atoms with van der Waals surface area (Å²) >= 11 is 1.31. The van der Waals surface area contributed by atoms with Crippen molar-refractivity contribution in [2.75, 3.05) is 18.9 Å². The predicted octanol–water partition coefficient (Wildman–Crippen LogP) is 2.46. The Morgan fingerprint density at radius 2 is 2.17 bits per heavy atom. The molecule has 0 radical (unpaired) electrons. The molecule has 1 atom stereocenters. The Kier molecular flexibility index (Phi) is 6.75. The van der Waals surface area contributed by atoms with Crippen molar-refractivity contribution in [2.45, 2.75) is 24.8 Å². The van der Waals surface area contributed by atoms with E-state index in [4.69, 9.17) is 4.74 Å². The van der Waals surface area contributed by atoms with Crippen molar-refractivity contribution in [3.63, 3.8) is 0 Å². The zero-order valence-corrected chi connectivity index (χ0v) is 11.4. The van der Waals surface area contributed by atoms with Crippen LogP contribution < -0.4 is 5.32 Å². The van der Waals surface area contributed by atoms with Crippen LogP contribution in [0.2, 0.25) is 0 Å². The van der Waals surface area contributed by atoms with Crippen molar-refractivity contribution in [1.82, 2.24) is 5.32 Å². The molecule has 0 aliphatic heterocycles. The van der Waals surface area contributed by atoms with Crippen LogP contribution in [0.5, 0.6) is 0 Å². The number of likely N-dealkylation sites (N-methyl/N-ethyl adjacent to an activating group) is 1. The van der Waals surface area contributed by atoms with Crippen LogP contribution in [0.15, 0.2) is 29.2 Å². The second-order valence-electron chi connectivity index (χ2n) is 3.60. The van der Waals surface area contributed by atoms with Gasteiger partial charge in [-0.3, -0.25) is 4.79 Å². The largest absolute Gasteiger partial charge is 0.465 e. The van der Waals surface area contributed by atoms with E-state index in [1.807, 2.05) is 6.92 Å². The molecule has 0 heterocycles. The fraction of sp³-hybridized carbons (Fsp3) is 0.462. The molecule has 1 N–H and O–H groups in total. The Labute approximate surface area is 111 Å². The summed E-state index contributed by atoms with van der Waals surface area (Å²) in [5, 5.41) is 3.04. The number of rotatable bonds is 7. The third kappa shape index (κ3) is 4.66. The van der Waals surface area contributed by atoms with Gasteiger partial charge in [0.2, 0.25) is 0 Å². The van der Waals surface area contributed by atoms with Gasteiger partial charge in [-0.1, -0.05) is 19.1 Å². The maximum Gasteiger partial charge on any atom is 0.323 e. The molecular formula is C13H18FNO2S. The number of carbonyl (C=O) groups excluding carboxylic acids is 1. The van der Waals surface area contributed by atoms with E-state index >= 15 is 0 Å². The van der Waals surface area contributed by atoms with Gasteiger partial charge in [-0.2, -0.15) is 0 Å². The molecule has 3 nitrogen and oxygen atoms in total. The van der Waals surface area contributed by atoms with E-state index in [0.717, 1.165) is 0 Å². The molecule has 0 aromatic heterocycles. The monoisotopic (exact) mass is 271 g/mol. The quantitative estimate of drug-likeness (QED) is 0.611. The van der Waals surface area contributed by atoms with Crippen molar-refractivity contribution in [1.29, 1.82) is 0 Å². The molecule has 18 heavy (non-hydrogen) atoms. The molecule has 1 unspecified atom stereocenters. The van der Waals surface area contributed by atoms with Crippen molar-refractivity contribution in [2.24, 2.45) is 0 Å². The highest BCUT2D eigenvalue weighted by Crippen LogP contribution is 2.22. The number of halogens is 1. The lowest BCUT2D eigenvalue weighted by Crippen LogP contribution is -2.40. The minimum absolute atomic E-state index is 0.262. The van der Waals surface area contributed by atoms with Crippen LogP contribution in [-0.2, 0) is 9.53 Å². The number of ether oxygens (including phenoxy) is 1. The molecule has 0 saturated carbocycles. The molecule has 0 aliphatic carbocycles. The summed E-state index contributed by atoms with van der Waals surface area (Å²) < 4.78 is 18.4. The van der Waals surface area contributed by atoms with Gasteiger partial charge in [-0.15, -0.1) is 11.8 Å². The van der Waals surface area contributed by atoms with Crippen LogP contribution in [-0.4, -0.2) is 30.9 Å². The number of thioether (sulfide) groups is 1. The first-order chi connectivity index (χ1) is 8.69. The van der Waals surface area contributed by atoms with Gasteiger partial charge < -0.3 is 10.1 Å². The van der Waals surface area contributed by atoms with Gasteiger partial charge in [0.1, 0.15) is 11.9 Å². The van der Waals surface area contributed by atoms with E-state index in [2.05, 4.69) is 5.32 Å². The molecule has 1 aromatic carbocycles. The minimum atomic E-state index is -0.403.